The third-order valence-corrected chi connectivity index (χ3v) is 4.07. The van der Waals surface area contributed by atoms with Crippen molar-refractivity contribution >= 4 is 11.9 Å². The summed E-state index contributed by atoms with van der Waals surface area (Å²) in [4.78, 5) is 25.2. The maximum Gasteiger partial charge on any atom is 0.335 e. The van der Waals surface area contributed by atoms with Crippen LogP contribution in [0, 0.1) is 0 Å². The molecule has 5 nitrogen and oxygen atoms in total. The van der Waals surface area contributed by atoms with E-state index in [4.69, 9.17) is 9.84 Å². The Morgan fingerprint density at radius 2 is 1.92 bits per heavy atom. The van der Waals surface area contributed by atoms with Gasteiger partial charge in [0.05, 0.1) is 18.5 Å². The van der Waals surface area contributed by atoms with Crippen molar-refractivity contribution in [1.82, 2.24) is 4.90 Å². The molecule has 24 heavy (non-hydrogen) atoms. The Hall–Kier alpha value is -2.82. The molecule has 124 valence electrons. The van der Waals surface area contributed by atoms with Crippen molar-refractivity contribution in [3.05, 3.63) is 65.7 Å². The molecule has 1 saturated heterocycles. The molecule has 0 bridgehead atoms. The van der Waals surface area contributed by atoms with E-state index in [1.807, 2.05) is 30.3 Å². The number of carbonyl (C=O) groups is 2. The lowest BCUT2D eigenvalue weighted by molar-refractivity contribution is -0.129. The van der Waals surface area contributed by atoms with Gasteiger partial charge in [-0.1, -0.05) is 30.3 Å². The van der Waals surface area contributed by atoms with Crippen LogP contribution >= 0.6 is 0 Å². The summed E-state index contributed by atoms with van der Waals surface area (Å²) in [5.74, 6) is -0.176. The normalized spacial score (nSPS) is 16.8. The molecule has 1 atom stereocenters. The minimum absolute atomic E-state index is 0.00158. The lowest BCUT2D eigenvalue weighted by Crippen LogP contribution is -2.32. The van der Waals surface area contributed by atoms with Crippen LogP contribution in [-0.4, -0.2) is 41.1 Å². The van der Waals surface area contributed by atoms with E-state index in [0.29, 0.717) is 18.7 Å². The number of likely N-dealkylation sites (tertiary alicyclic amines) is 1. The van der Waals surface area contributed by atoms with Crippen LogP contribution < -0.4 is 4.74 Å². The van der Waals surface area contributed by atoms with Gasteiger partial charge in [0.2, 0.25) is 5.91 Å². The summed E-state index contributed by atoms with van der Waals surface area (Å²) in [5, 5.41) is 9.02. The van der Waals surface area contributed by atoms with Gasteiger partial charge in [0, 0.05) is 13.0 Å². The molecular weight excluding hydrogens is 306 g/mol. The van der Waals surface area contributed by atoms with Crippen molar-refractivity contribution in [1.29, 1.82) is 0 Å². The second-order valence-corrected chi connectivity index (χ2v) is 5.86. The van der Waals surface area contributed by atoms with Crippen molar-refractivity contribution in [2.45, 2.75) is 18.9 Å². The molecular formula is C19H19NO4. The first-order valence-corrected chi connectivity index (χ1v) is 7.93. The average Bonchev–Trinajstić information content (AvgIpc) is 3.04. The van der Waals surface area contributed by atoms with Gasteiger partial charge in [0.1, 0.15) is 11.9 Å². The first kappa shape index (κ1) is 16.1. The molecule has 0 spiro atoms. The first-order valence-electron chi connectivity index (χ1n) is 7.93. The molecule has 3 rings (SSSR count). The third kappa shape index (κ3) is 3.93. The monoisotopic (exact) mass is 325 g/mol. The highest BCUT2D eigenvalue weighted by Gasteiger charge is 2.27. The number of ether oxygens (including phenoxy) is 1. The number of carboxylic acids is 1. The largest absolute Gasteiger partial charge is 0.489 e. The van der Waals surface area contributed by atoms with Gasteiger partial charge in [-0.05, 0) is 29.8 Å². The van der Waals surface area contributed by atoms with Crippen molar-refractivity contribution in [3.8, 4) is 5.75 Å². The molecule has 0 radical (unpaired) electrons. The van der Waals surface area contributed by atoms with E-state index < -0.39 is 5.97 Å². The maximum absolute atomic E-state index is 12.4. The molecule has 1 amide bonds. The number of benzene rings is 2. The lowest BCUT2D eigenvalue weighted by atomic mass is 10.1. The standard InChI is InChI=1S/C19H19NO4/c21-18(12-14-5-4-6-15(11-14)19(22)23)20-10-9-17(13-20)24-16-7-2-1-3-8-16/h1-8,11,17H,9-10,12-13H2,(H,22,23)/t17-/m1/s1. The Balaban J connectivity index is 1.56. The summed E-state index contributed by atoms with van der Waals surface area (Å²) in [5.41, 5.74) is 0.916. The second kappa shape index (κ2) is 7.17. The second-order valence-electron chi connectivity index (χ2n) is 5.86. The summed E-state index contributed by atoms with van der Waals surface area (Å²) in [6, 6.07) is 16.1. The van der Waals surface area contributed by atoms with Crippen LogP contribution in [0.25, 0.3) is 0 Å². The van der Waals surface area contributed by atoms with Crippen LogP contribution in [0.3, 0.4) is 0 Å². The van der Waals surface area contributed by atoms with Gasteiger partial charge in [0.25, 0.3) is 0 Å². The van der Waals surface area contributed by atoms with E-state index in [1.54, 1.807) is 23.1 Å². The fourth-order valence-corrected chi connectivity index (χ4v) is 2.84. The predicted octanol–water partition coefficient (Wildman–Crippen LogP) is 2.61. The van der Waals surface area contributed by atoms with E-state index >= 15 is 0 Å². The fourth-order valence-electron chi connectivity index (χ4n) is 2.84. The number of hydrogen-bond acceptors (Lipinski definition) is 3. The zero-order chi connectivity index (χ0) is 16.9. The molecule has 2 aromatic carbocycles. The number of para-hydroxylation sites is 1. The SMILES string of the molecule is O=C(O)c1cccc(CC(=O)N2CC[C@@H](Oc3ccccc3)C2)c1. The zero-order valence-electron chi connectivity index (χ0n) is 13.2. The van der Waals surface area contributed by atoms with E-state index in [-0.39, 0.29) is 24.0 Å². The molecule has 0 aliphatic carbocycles. The van der Waals surface area contributed by atoms with Gasteiger partial charge >= 0.3 is 5.97 Å². The van der Waals surface area contributed by atoms with Gasteiger partial charge < -0.3 is 14.7 Å². The summed E-state index contributed by atoms with van der Waals surface area (Å²) >= 11 is 0. The highest BCUT2D eigenvalue weighted by Crippen LogP contribution is 2.19. The Bertz CT molecular complexity index is 729. The number of rotatable bonds is 5. The van der Waals surface area contributed by atoms with Crippen LogP contribution in [-0.2, 0) is 11.2 Å². The number of hydrogen-bond donors (Lipinski definition) is 1. The van der Waals surface area contributed by atoms with Crippen LogP contribution in [0.5, 0.6) is 5.75 Å². The van der Waals surface area contributed by atoms with Gasteiger partial charge in [-0.2, -0.15) is 0 Å². The molecule has 0 unspecified atom stereocenters. The molecule has 0 saturated carbocycles. The number of carboxylic acid groups (broad SMARTS) is 1. The van der Waals surface area contributed by atoms with Gasteiger partial charge in [-0.25, -0.2) is 4.79 Å². The molecule has 1 aliphatic rings. The zero-order valence-corrected chi connectivity index (χ0v) is 13.2. The van der Waals surface area contributed by atoms with Crippen LogP contribution in [0.1, 0.15) is 22.3 Å². The molecule has 1 N–H and O–H groups in total. The molecule has 1 heterocycles. The molecule has 2 aromatic rings. The lowest BCUT2D eigenvalue weighted by Gasteiger charge is -2.17. The number of carbonyl (C=O) groups excluding carboxylic acids is 1. The van der Waals surface area contributed by atoms with Crippen molar-refractivity contribution in [2.24, 2.45) is 0 Å². The van der Waals surface area contributed by atoms with E-state index in [9.17, 15) is 9.59 Å². The third-order valence-electron chi connectivity index (χ3n) is 4.07. The summed E-state index contributed by atoms with van der Waals surface area (Å²) in [6.45, 7) is 1.22. The predicted molar refractivity (Wildman–Crippen MR) is 89.2 cm³/mol. The summed E-state index contributed by atoms with van der Waals surface area (Å²) < 4.78 is 5.88. The van der Waals surface area contributed by atoms with E-state index in [2.05, 4.69) is 0 Å². The molecule has 0 aromatic heterocycles. The minimum atomic E-state index is -0.984. The molecule has 1 aliphatic heterocycles. The quantitative estimate of drug-likeness (QED) is 0.917. The van der Waals surface area contributed by atoms with Crippen LogP contribution in [0.2, 0.25) is 0 Å². The van der Waals surface area contributed by atoms with Gasteiger partial charge in [0.15, 0.2) is 0 Å². The number of aromatic carboxylic acids is 1. The first-order chi connectivity index (χ1) is 11.6. The van der Waals surface area contributed by atoms with Crippen LogP contribution in [0.4, 0.5) is 0 Å². The van der Waals surface area contributed by atoms with Gasteiger partial charge in [-0.3, -0.25) is 4.79 Å². The van der Waals surface area contributed by atoms with Crippen molar-refractivity contribution in [3.63, 3.8) is 0 Å². The Morgan fingerprint density at radius 3 is 2.67 bits per heavy atom. The smallest absolute Gasteiger partial charge is 0.335 e. The average molecular weight is 325 g/mol. The Kier molecular flexibility index (Phi) is 4.79. The summed E-state index contributed by atoms with van der Waals surface area (Å²) in [6.07, 6.45) is 1.01. The van der Waals surface area contributed by atoms with Crippen LogP contribution in [0.15, 0.2) is 54.6 Å². The fraction of sp³-hybridized carbons (Fsp3) is 0.263. The molecule has 5 heteroatoms. The minimum Gasteiger partial charge on any atom is -0.489 e. The highest BCUT2D eigenvalue weighted by atomic mass is 16.5. The van der Waals surface area contributed by atoms with Crippen molar-refractivity contribution in [2.75, 3.05) is 13.1 Å². The van der Waals surface area contributed by atoms with Gasteiger partial charge in [-0.15, -0.1) is 0 Å². The van der Waals surface area contributed by atoms with E-state index in [1.165, 1.54) is 6.07 Å². The Labute approximate surface area is 140 Å². The van der Waals surface area contributed by atoms with E-state index in [0.717, 1.165) is 12.2 Å². The number of amides is 1. The highest BCUT2D eigenvalue weighted by molar-refractivity contribution is 5.88. The number of nitrogens with zero attached hydrogens (tertiary/aromatic N) is 1. The molecule has 1 fully saturated rings. The topological polar surface area (TPSA) is 66.8 Å². The Morgan fingerprint density at radius 1 is 1.12 bits per heavy atom. The van der Waals surface area contributed by atoms with Crippen molar-refractivity contribution < 1.29 is 19.4 Å². The summed E-state index contributed by atoms with van der Waals surface area (Å²) in [7, 11) is 0. The maximum atomic E-state index is 12.4.